The highest BCUT2D eigenvalue weighted by atomic mass is 16.7. The van der Waals surface area contributed by atoms with Crippen LogP contribution in [0.2, 0.25) is 0 Å². The number of carbonyl (C=O) groups is 1. The van der Waals surface area contributed by atoms with Crippen molar-refractivity contribution in [2.45, 2.75) is 58.2 Å². The fourth-order valence-electron chi connectivity index (χ4n) is 2.99. The van der Waals surface area contributed by atoms with E-state index in [1.54, 1.807) is 0 Å². The van der Waals surface area contributed by atoms with Gasteiger partial charge in [0.1, 0.15) is 0 Å². The minimum absolute atomic E-state index is 0.265. The highest BCUT2D eigenvalue weighted by Gasteiger charge is 2.52. The van der Waals surface area contributed by atoms with E-state index in [0.717, 1.165) is 18.4 Å². The van der Waals surface area contributed by atoms with Crippen molar-refractivity contribution < 1.29 is 14.1 Å². The van der Waals surface area contributed by atoms with Gasteiger partial charge in [-0.2, -0.15) is 0 Å². The summed E-state index contributed by atoms with van der Waals surface area (Å²) in [7, 11) is -0.265. The molecule has 102 valence electrons. The Hall–Kier alpha value is -0.865. The van der Waals surface area contributed by atoms with Gasteiger partial charge in [-0.1, -0.05) is 12.2 Å². The number of fused-ring (bicyclic) bond motifs is 1. The predicted octanol–water partition coefficient (Wildman–Crippen LogP) is 2.85. The maximum Gasteiger partial charge on any atom is 0.490 e. The normalized spacial score (nSPS) is 32.1. The van der Waals surface area contributed by atoms with Crippen LogP contribution in [0.25, 0.3) is 0 Å². The van der Waals surface area contributed by atoms with Gasteiger partial charge in [0.2, 0.25) is 0 Å². The molecule has 0 aromatic rings. The Balaban J connectivity index is 1.81. The van der Waals surface area contributed by atoms with E-state index in [4.69, 9.17) is 9.31 Å². The summed E-state index contributed by atoms with van der Waals surface area (Å²) in [4.78, 5) is 11.7. The van der Waals surface area contributed by atoms with Crippen LogP contribution in [0, 0.1) is 5.92 Å². The molecular weight excluding hydrogens is 239 g/mol. The lowest BCUT2D eigenvalue weighted by Gasteiger charge is -2.32. The molecule has 0 radical (unpaired) electrons. The van der Waals surface area contributed by atoms with Gasteiger partial charge in [0.05, 0.1) is 11.2 Å². The van der Waals surface area contributed by atoms with Crippen molar-refractivity contribution in [1.82, 2.24) is 0 Å². The van der Waals surface area contributed by atoms with Gasteiger partial charge in [0, 0.05) is 6.42 Å². The molecule has 1 aliphatic heterocycles. The van der Waals surface area contributed by atoms with Crippen molar-refractivity contribution in [3.05, 3.63) is 23.2 Å². The number of ketones is 1. The van der Waals surface area contributed by atoms with Gasteiger partial charge in [-0.05, 0) is 57.5 Å². The van der Waals surface area contributed by atoms with E-state index in [1.165, 1.54) is 5.47 Å². The molecule has 0 aromatic carbocycles. The van der Waals surface area contributed by atoms with E-state index in [0.29, 0.717) is 18.1 Å². The Morgan fingerprint density at radius 3 is 2.42 bits per heavy atom. The van der Waals surface area contributed by atoms with Crippen LogP contribution in [0.4, 0.5) is 0 Å². The maximum atomic E-state index is 11.7. The lowest BCUT2D eigenvalue weighted by Crippen LogP contribution is -2.41. The van der Waals surface area contributed by atoms with E-state index in [9.17, 15) is 4.79 Å². The van der Waals surface area contributed by atoms with E-state index in [-0.39, 0.29) is 18.3 Å². The van der Waals surface area contributed by atoms with E-state index < -0.39 is 0 Å². The zero-order valence-corrected chi connectivity index (χ0v) is 12.2. The number of carbonyl (C=O) groups excluding carboxylic acids is 1. The minimum atomic E-state index is -0.298. The largest absolute Gasteiger partial charge is 0.490 e. The van der Waals surface area contributed by atoms with Crippen molar-refractivity contribution in [1.29, 1.82) is 0 Å². The van der Waals surface area contributed by atoms with Gasteiger partial charge in [0.15, 0.2) is 5.78 Å². The first-order valence-electron chi connectivity index (χ1n) is 7.10. The summed E-state index contributed by atoms with van der Waals surface area (Å²) < 4.78 is 12.1. The number of Topliss-reactive ketones (excluding diaryl/α,β-unsaturated/α-hetero) is 1. The van der Waals surface area contributed by atoms with Crippen molar-refractivity contribution in [3.63, 3.8) is 0 Å². The molecule has 1 unspecified atom stereocenters. The smallest absolute Gasteiger partial charge is 0.400 e. The first-order chi connectivity index (χ1) is 8.80. The SMILES string of the molecule is CC1(C)OB(C2=CC=C3C(=O)CCC3C2)OC1(C)C. The molecule has 0 spiro atoms. The molecule has 0 aromatic heterocycles. The van der Waals surface area contributed by atoms with Gasteiger partial charge in [0.25, 0.3) is 0 Å². The first kappa shape index (κ1) is 13.1. The summed E-state index contributed by atoms with van der Waals surface area (Å²) in [5.41, 5.74) is 1.57. The molecule has 0 bridgehead atoms. The topological polar surface area (TPSA) is 35.5 Å². The van der Waals surface area contributed by atoms with E-state index in [1.807, 2.05) is 12.2 Å². The quantitative estimate of drug-likeness (QED) is 0.680. The van der Waals surface area contributed by atoms with Gasteiger partial charge in [-0.3, -0.25) is 4.79 Å². The van der Waals surface area contributed by atoms with Crippen LogP contribution in [0.5, 0.6) is 0 Å². The minimum Gasteiger partial charge on any atom is -0.400 e. The molecule has 4 heteroatoms. The van der Waals surface area contributed by atoms with Gasteiger partial charge < -0.3 is 9.31 Å². The maximum absolute atomic E-state index is 11.7. The molecule has 3 nitrogen and oxygen atoms in total. The van der Waals surface area contributed by atoms with Gasteiger partial charge >= 0.3 is 7.12 Å². The second-order valence-electron chi connectivity index (χ2n) is 6.81. The highest BCUT2D eigenvalue weighted by Crippen LogP contribution is 2.43. The fraction of sp³-hybridized carbons (Fsp3) is 0.667. The molecule has 1 saturated heterocycles. The Labute approximate surface area is 115 Å². The number of rotatable bonds is 1. The molecule has 0 amide bonds. The zero-order valence-electron chi connectivity index (χ0n) is 12.2. The summed E-state index contributed by atoms with van der Waals surface area (Å²) in [6.07, 6.45) is 6.57. The van der Waals surface area contributed by atoms with Crippen molar-refractivity contribution >= 4 is 12.9 Å². The third-order valence-corrected chi connectivity index (χ3v) is 5.00. The van der Waals surface area contributed by atoms with Gasteiger partial charge in [-0.15, -0.1) is 0 Å². The highest BCUT2D eigenvalue weighted by molar-refractivity contribution is 6.54. The van der Waals surface area contributed by atoms with Crippen LogP contribution in [0.3, 0.4) is 0 Å². The van der Waals surface area contributed by atoms with Crippen LogP contribution >= 0.6 is 0 Å². The standard InChI is InChI=1S/C15H21BO3/c1-14(2)15(3,4)19-16(18-14)11-6-7-12-10(9-11)5-8-13(12)17/h6-7,10H,5,8-9H2,1-4H3. The molecule has 0 N–H and O–H groups in total. The molecule has 1 atom stereocenters. The Kier molecular flexibility index (Phi) is 2.81. The van der Waals surface area contributed by atoms with Crippen molar-refractivity contribution in [2.75, 3.05) is 0 Å². The molecule has 3 aliphatic rings. The number of hydrogen-bond donors (Lipinski definition) is 0. The Morgan fingerprint density at radius 1 is 1.16 bits per heavy atom. The summed E-state index contributed by atoms with van der Waals surface area (Å²) >= 11 is 0. The van der Waals surface area contributed by atoms with Crippen molar-refractivity contribution in [3.8, 4) is 0 Å². The molecule has 1 saturated carbocycles. The van der Waals surface area contributed by atoms with Gasteiger partial charge in [-0.25, -0.2) is 0 Å². The van der Waals surface area contributed by atoms with Crippen LogP contribution in [-0.2, 0) is 14.1 Å². The second kappa shape index (κ2) is 4.06. The lowest BCUT2D eigenvalue weighted by atomic mass is 9.70. The molecular formula is C15H21BO3. The van der Waals surface area contributed by atoms with Crippen LogP contribution < -0.4 is 0 Å². The zero-order chi connectivity index (χ0) is 13.8. The molecule has 2 aliphatic carbocycles. The third kappa shape index (κ3) is 2.02. The average Bonchev–Trinajstić information content (AvgIpc) is 2.78. The molecule has 3 rings (SSSR count). The van der Waals surface area contributed by atoms with Crippen LogP contribution in [-0.4, -0.2) is 24.1 Å². The third-order valence-electron chi connectivity index (χ3n) is 5.00. The first-order valence-corrected chi connectivity index (χ1v) is 7.10. The number of hydrogen-bond acceptors (Lipinski definition) is 3. The molecule has 1 heterocycles. The predicted molar refractivity (Wildman–Crippen MR) is 74.6 cm³/mol. The second-order valence-corrected chi connectivity index (χ2v) is 6.81. The number of allylic oxidation sites excluding steroid dienone is 4. The van der Waals surface area contributed by atoms with Crippen LogP contribution in [0.15, 0.2) is 23.2 Å². The van der Waals surface area contributed by atoms with E-state index >= 15 is 0 Å². The molecule has 19 heavy (non-hydrogen) atoms. The monoisotopic (exact) mass is 260 g/mol. The van der Waals surface area contributed by atoms with Crippen LogP contribution in [0.1, 0.15) is 47.0 Å². The lowest BCUT2D eigenvalue weighted by molar-refractivity contribution is -0.114. The summed E-state index contributed by atoms with van der Waals surface area (Å²) in [5.74, 6) is 0.695. The Morgan fingerprint density at radius 2 is 1.79 bits per heavy atom. The summed E-state index contributed by atoms with van der Waals surface area (Å²) in [5, 5.41) is 0. The summed E-state index contributed by atoms with van der Waals surface area (Å²) in [6.45, 7) is 8.26. The van der Waals surface area contributed by atoms with Crippen molar-refractivity contribution in [2.24, 2.45) is 5.92 Å². The molecule has 2 fully saturated rings. The summed E-state index contributed by atoms with van der Waals surface area (Å²) in [6, 6.07) is 0. The average molecular weight is 260 g/mol. The Bertz CT molecular complexity index is 472. The van der Waals surface area contributed by atoms with E-state index in [2.05, 4.69) is 27.7 Å². The fourth-order valence-corrected chi connectivity index (χ4v) is 2.99.